The van der Waals surface area contributed by atoms with Crippen LogP contribution in [0.2, 0.25) is 0 Å². The van der Waals surface area contributed by atoms with Crippen LogP contribution in [0.4, 0.5) is 5.69 Å². The second kappa shape index (κ2) is 3.13. The van der Waals surface area contributed by atoms with Crippen molar-refractivity contribution in [2.24, 2.45) is 0 Å². The van der Waals surface area contributed by atoms with Gasteiger partial charge in [0, 0.05) is 11.4 Å². The Morgan fingerprint density at radius 1 is 1.23 bits per heavy atom. The second-order valence-electron chi connectivity index (χ2n) is 3.44. The SMILES string of the molecule is CC(C)Nc1coc2ccccc12. The third-order valence-electron chi connectivity index (χ3n) is 1.93. The molecule has 0 atom stereocenters. The van der Waals surface area contributed by atoms with Crippen LogP contribution in [0, 0.1) is 0 Å². The van der Waals surface area contributed by atoms with E-state index >= 15 is 0 Å². The molecule has 2 rings (SSSR count). The van der Waals surface area contributed by atoms with Gasteiger partial charge in [-0.15, -0.1) is 0 Å². The first-order valence-electron chi connectivity index (χ1n) is 4.50. The van der Waals surface area contributed by atoms with Crippen molar-refractivity contribution >= 4 is 16.7 Å². The topological polar surface area (TPSA) is 25.2 Å². The van der Waals surface area contributed by atoms with E-state index < -0.39 is 0 Å². The van der Waals surface area contributed by atoms with Crippen molar-refractivity contribution in [3.05, 3.63) is 30.5 Å². The van der Waals surface area contributed by atoms with Gasteiger partial charge in [-0.1, -0.05) is 12.1 Å². The first kappa shape index (κ1) is 8.17. The van der Waals surface area contributed by atoms with Crippen molar-refractivity contribution in [3.8, 4) is 0 Å². The fourth-order valence-electron chi connectivity index (χ4n) is 1.40. The highest BCUT2D eigenvalue weighted by molar-refractivity contribution is 5.90. The number of anilines is 1. The Balaban J connectivity index is 2.46. The lowest BCUT2D eigenvalue weighted by Crippen LogP contribution is -2.08. The van der Waals surface area contributed by atoms with E-state index in [1.165, 1.54) is 0 Å². The van der Waals surface area contributed by atoms with Gasteiger partial charge in [-0.05, 0) is 26.0 Å². The first-order chi connectivity index (χ1) is 6.27. The van der Waals surface area contributed by atoms with Crippen LogP contribution < -0.4 is 5.32 Å². The fourth-order valence-corrected chi connectivity index (χ4v) is 1.40. The van der Waals surface area contributed by atoms with E-state index in [2.05, 4.69) is 25.2 Å². The average molecular weight is 175 g/mol. The third-order valence-corrected chi connectivity index (χ3v) is 1.93. The van der Waals surface area contributed by atoms with Crippen LogP contribution in [-0.2, 0) is 0 Å². The van der Waals surface area contributed by atoms with E-state index in [0.717, 1.165) is 16.7 Å². The van der Waals surface area contributed by atoms with Gasteiger partial charge in [0.1, 0.15) is 11.8 Å². The Labute approximate surface area is 77.6 Å². The van der Waals surface area contributed by atoms with Crippen LogP contribution in [0.15, 0.2) is 34.9 Å². The summed E-state index contributed by atoms with van der Waals surface area (Å²) in [7, 11) is 0. The fraction of sp³-hybridized carbons (Fsp3) is 0.273. The molecule has 0 aliphatic rings. The normalized spacial score (nSPS) is 11.0. The van der Waals surface area contributed by atoms with E-state index in [0.29, 0.717) is 6.04 Å². The van der Waals surface area contributed by atoms with Crippen molar-refractivity contribution < 1.29 is 4.42 Å². The highest BCUT2D eigenvalue weighted by Gasteiger charge is 2.04. The number of hydrogen-bond donors (Lipinski definition) is 1. The summed E-state index contributed by atoms with van der Waals surface area (Å²) in [5, 5.41) is 4.48. The molecule has 0 saturated heterocycles. The van der Waals surface area contributed by atoms with Gasteiger partial charge in [0.15, 0.2) is 0 Å². The quantitative estimate of drug-likeness (QED) is 0.757. The third kappa shape index (κ3) is 1.52. The second-order valence-corrected chi connectivity index (χ2v) is 3.44. The molecule has 2 heteroatoms. The van der Waals surface area contributed by atoms with Crippen LogP contribution in [0.5, 0.6) is 0 Å². The lowest BCUT2D eigenvalue weighted by atomic mass is 10.2. The van der Waals surface area contributed by atoms with Gasteiger partial charge in [0.2, 0.25) is 0 Å². The molecule has 1 heterocycles. The van der Waals surface area contributed by atoms with Gasteiger partial charge in [0.05, 0.1) is 5.69 Å². The van der Waals surface area contributed by atoms with Crippen molar-refractivity contribution in [3.63, 3.8) is 0 Å². The molecule has 0 radical (unpaired) electrons. The smallest absolute Gasteiger partial charge is 0.136 e. The molecule has 68 valence electrons. The molecule has 1 aromatic heterocycles. The van der Waals surface area contributed by atoms with E-state index in [1.807, 2.05) is 18.2 Å². The zero-order valence-electron chi connectivity index (χ0n) is 7.87. The van der Waals surface area contributed by atoms with Gasteiger partial charge >= 0.3 is 0 Å². The summed E-state index contributed by atoms with van der Waals surface area (Å²) in [6, 6.07) is 8.46. The van der Waals surface area contributed by atoms with E-state index in [1.54, 1.807) is 6.26 Å². The molecule has 0 saturated carbocycles. The van der Waals surface area contributed by atoms with Crippen LogP contribution in [0.3, 0.4) is 0 Å². The Morgan fingerprint density at radius 2 is 2.00 bits per heavy atom. The Bertz CT molecular complexity index is 403. The number of para-hydroxylation sites is 1. The van der Waals surface area contributed by atoms with Crippen LogP contribution in [0.25, 0.3) is 11.0 Å². The maximum atomic E-state index is 5.39. The predicted molar refractivity (Wildman–Crippen MR) is 55.0 cm³/mol. The predicted octanol–water partition coefficient (Wildman–Crippen LogP) is 3.25. The molecule has 1 aromatic carbocycles. The highest BCUT2D eigenvalue weighted by atomic mass is 16.3. The summed E-state index contributed by atoms with van der Waals surface area (Å²) in [5.74, 6) is 0. The van der Waals surface area contributed by atoms with E-state index in [4.69, 9.17) is 4.42 Å². The molecule has 13 heavy (non-hydrogen) atoms. The van der Waals surface area contributed by atoms with Crippen LogP contribution in [0.1, 0.15) is 13.8 Å². The van der Waals surface area contributed by atoms with Gasteiger partial charge in [-0.25, -0.2) is 0 Å². The van der Waals surface area contributed by atoms with E-state index in [9.17, 15) is 0 Å². The average Bonchev–Trinajstić information content (AvgIpc) is 2.48. The number of furan rings is 1. The summed E-state index contributed by atoms with van der Waals surface area (Å²) >= 11 is 0. The molecule has 0 spiro atoms. The molecular weight excluding hydrogens is 162 g/mol. The maximum absolute atomic E-state index is 5.39. The zero-order chi connectivity index (χ0) is 9.26. The summed E-state index contributed by atoms with van der Waals surface area (Å²) < 4.78 is 5.39. The zero-order valence-corrected chi connectivity index (χ0v) is 7.87. The minimum atomic E-state index is 0.431. The number of rotatable bonds is 2. The minimum Gasteiger partial charge on any atom is -0.462 e. The number of benzene rings is 1. The van der Waals surface area contributed by atoms with Gasteiger partial charge < -0.3 is 9.73 Å². The van der Waals surface area contributed by atoms with Crippen LogP contribution in [-0.4, -0.2) is 6.04 Å². The molecular formula is C11H13NO. The minimum absolute atomic E-state index is 0.431. The Morgan fingerprint density at radius 3 is 2.77 bits per heavy atom. The molecule has 2 aromatic rings. The number of hydrogen-bond acceptors (Lipinski definition) is 2. The van der Waals surface area contributed by atoms with Crippen LogP contribution >= 0.6 is 0 Å². The summed E-state index contributed by atoms with van der Waals surface area (Å²) in [6.45, 7) is 4.23. The first-order valence-corrected chi connectivity index (χ1v) is 4.50. The van der Waals surface area contributed by atoms with Gasteiger partial charge in [-0.2, -0.15) is 0 Å². The number of nitrogens with one attached hydrogen (secondary N) is 1. The largest absolute Gasteiger partial charge is 0.462 e. The van der Waals surface area contributed by atoms with Gasteiger partial charge in [-0.3, -0.25) is 0 Å². The standard InChI is InChI=1S/C11H13NO/c1-8(2)12-10-7-13-11-6-4-3-5-9(10)11/h3-8,12H,1-2H3. The molecule has 0 aliphatic carbocycles. The maximum Gasteiger partial charge on any atom is 0.136 e. The lowest BCUT2D eigenvalue weighted by Gasteiger charge is -2.06. The molecule has 0 fully saturated rings. The van der Waals surface area contributed by atoms with Crippen molar-refractivity contribution in [2.45, 2.75) is 19.9 Å². The molecule has 2 nitrogen and oxygen atoms in total. The van der Waals surface area contributed by atoms with Crippen molar-refractivity contribution in [2.75, 3.05) is 5.32 Å². The summed E-state index contributed by atoms with van der Waals surface area (Å²) in [4.78, 5) is 0. The Kier molecular flexibility index (Phi) is 1.97. The highest BCUT2D eigenvalue weighted by Crippen LogP contribution is 2.25. The van der Waals surface area contributed by atoms with Crippen molar-refractivity contribution in [1.29, 1.82) is 0 Å². The number of fused-ring (bicyclic) bond motifs is 1. The van der Waals surface area contributed by atoms with E-state index in [-0.39, 0.29) is 0 Å². The summed E-state index contributed by atoms with van der Waals surface area (Å²) in [5.41, 5.74) is 2.01. The van der Waals surface area contributed by atoms with Gasteiger partial charge in [0.25, 0.3) is 0 Å². The molecule has 0 aliphatic heterocycles. The monoisotopic (exact) mass is 175 g/mol. The molecule has 0 unspecified atom stereocenters. The Hall–Kier alpha value is -1.44. The molecule has 1 N–H and O–H groups in total. The lowest BCUT2D eigenvalue weighted by molar-refractivity contribution is 0.616. The molecule has 0 bridgehead atoms. The summed E-state index contributed by atoms with van der Waals surface area (Å²) in [6.07, 6.45) is 1.77. The van der Waals surface area contributed by atoms with Crippen molar-refractivity contribution in [1.82, 2.24) is 0 Å². The molecule has 0 amide bonds.